The Morgan fingerprint density at radius 3 is 1.44 bits per heavy atom. The molecule has 1 aliphatic rings. The fourth-order valence-corrected chi connectivity index (χ4v) is 6.56. The fourth-order valence-electron chi connectivity index (χ4n) is 5.09. The van der Waals surface area contributed by atoms with Gasteiger partial charge in [0.15, 0.2) is 5.84 Å². The van der Waals surface area contributed by atoms with Gasteiger partial charge in [-0.25, -0.2) is 9.98 Å². The molecule has 0 saturated carbocycles. The number of aromatic amines is 1. The van der Waals surface area contributed by atoms with Crippen molar-refractivity contribution in [3.63, 3.8) is 0 Å². The Morgan fingerprint density at radius 1 is 0.556 bits per heavy atom. The van der Waals surface area contributed by atoms with Gasteiger partial charge in [-0.15, -0.1) is 0 Å². The van der Waals surface area contributed by atoms with Crippen molar-refractivity contribution in [3.05, 3.63) is 117 Å². The largest absolute Gasteiger partial charge is 0.497 e. The molecule has 4 aromatic carbocycles. The van der Waals surface area contributed by atoms with Gasteiger partial charge in [0.25, 0.3) is 0 Å². The van der Waals surface area contributed by atoms with Gasteiger partial charge < -0.3 is 23.9 Å². The van der Waals surface area contributed by atoms with Crippen LogP contribution >= 0.6 is 31.9 Å². The number of hydrogen-bond donors (Lipinski definition) is 1. The molecule has 9 heteroatoms. The maximum absolute atomic E-state index is 5.42. The number of nitrogens with one attached hydrogen (secondary N) is 1. The van der Waals surface area contributed by atoms with Crippen molar-refractivity contribution in [3.8, 4) is 45.4 Å². The zero-order valence-corrected chi connectivity index (χ0v) is 28.2. The second-order valence-corrected chi connectivity index (χ2v) is 11.6. The van der Waals surface area contributed by atoms with Gasteiger partial charge in [-0.05, 0) is 121 Å². The van der Waals surface area contributed by atoms with Crippen molar-refractivity contribution in [1.29, 1.82) is 0 Å². The van der Waals surface area contributed by atoms with Crippen LogP contribution < -0.4 is 18.9 Å². The first-order chi connectivity index (χ1) is 21.9. The zero-order valence-electron chi connectivity index (χ0n) is 25.0. The molecular weight excluding hydrogens is 698 g/mol. The lowest BCUT2D eigenvalue weighted by molar-refractivity contribution is 0.414. The van der Waals surface area contributed by atoms with Gasteiger partial charge >= 0.3 is 0 Å². The molecule has 45 heavy (non-hydrogen) atoms. The summed E-state index contributed by atoms with van der Waals surface area (Å²) in [5.74, 6) is 4.30. The summed E-state index contributed by atoms with van der Waals surface area (Å²) in [5.41, 5.74) is 7.23. The van der Waals surface area contributed by atoms with Crippen LogP contribution in [-0.4, -0.2) is 45.0 Å². The molecule has 6 rings (SSSR count). The Morgan fingerprint density at radius 2 is 0.978 bits per heavy atom. The number of aromatic nitrogens is 1. The van der Waals surface area contributed by atoms with Gasteiger partial charge in [-0.2, -0.15) is 0 Å². The lowest BCUT2D eigenvalue weighted by Crippen LogP contribution is -1.98. The highest BCUT2D eigenvalue weighted by Crippen LogP contribution is 2.45. The Balaban J connectivity index is 1.55. The van der Waals surface area contributed by atoms with E-state index in [1.165, 1.54) is 0 Å². The van der Waals surface area contributed by atoms with Gasteiger partial charge in [0.05, 0.1) is 48.8 Å². The third-order valence-corrected chi connectivity index (χ3v) is 9.07. The smallest absolute Gasteiger partial charge is 0.164 e. The van der Waals surface area contributed by atoms with Crippen LogP contribution in [0, 0.1) is 0 Å². The van der Waals surface area contributed by atoms with Crippen LogP contribution in [0.3, 0.4) is 0 Å². The van der Waals surface area contributed by atoms with Crippen molar-refractivity contribution in [1.82, 2.24) is 4.98 Å². The number of benzene rings is 4. The highest BCUT2D eigenvalue weighted by molar-refractivity contribution is 9.12. The molecule has 2 heterocycles. The maximum Gasteiger partial charge on any atom is 0.164 e. The average Bonchev–Trinajstić information content (AvgIpc) is 3.59. The molecule has 0 bridgehead atoms. The van der Waals surface area contributed by atoms with Gasteiger partial charge in [0, 0.05) is 16.7 Å². The van der Waals surface area contributed by atoms with Crippen LogP contribution in [0.15, 0.2) is 116 Å². The van der Waals surface area contributed by atoms with Crippen molar-refractivity contribution in [2.24, 2.45) is 9.98 Å². The number of halogens is 2. The summed E-state index contributed by atoms with van der Waals surface area (Å²) in [4.78, 5) is 13.9. The Bertz CT molecular complexity index is 1930. The third-order valence-electron chi connectivity index (χ3n) is 7.51. The second-order valence-electron chi connectivity index (χ2n) is 10.0. The number of amidine groups is 1. The molecule has 1 N–H and O–H groups in total. The molecule has 0 atom stereocenters. The van der Waals surface area contributed by atoms with E-state index in [1.54, 1.807) is 28.4 Å². The van der Waals surface area contributed by atoms with E-state index in [0.29, 0.717) is 11.7 Å². The number of allylic oxidation sites excluding steroid dienone is 1. The van der Waals surface area contributed by atoms with E-state index in [2.05, 4.69) is 36.8 Å². The summed E-state index contributed by atoms with van der Waals surface area (Å²) in [6, 6.07) is 31.5. The molecule has 1 aromatic heterocycles. The van der Waals surface area contributed by atoms with Crippen molar-refractivity contribution >= 4 is 54.8 Å². The quantitative estimate of drug-likeness (QED) is 0.164. The monoisotopic (exact) mass is 725 g/mol. The highest BCUT2D eigenvalue weighted by atomic mass is 79.9. The summed E-state index contributed by atoms with van der Waals surface area (Å²) in [6.45, 7) is 0. The van der Waals surface area contributed by atoms with Gasteiger partial charge in [0.2, 0.25) is 0 Å². The molecule has 0 fully saturated rings. The number of aliphatic imine (C=N–C) groups is 2. The minimum atomic E-state index is 0.558. The molecule has 0 radical (unpaired) electrons. The van der Waals surface area contributed by atoms with E-state index in [9.17, 15) is 0 Å². The topological polar surface area (TPSA) is 77.4 Å². The predicted octanol–water partition coefficient (Wildman–Crippen LogP) is 9.48. The Hall–Kier alpha value is -4.60. The first-order valence-electron chi connectivity index (χ1n) is 14.0. The van der Waals surface area contributed by atoms with E-state index in [4.69, 9.17) is 28.9 Å². The first-order valence-corrected chi connectivity index (χ1v) is 15.6. The number of H-pyrrole nitrogens is 1. The van der Waals surface area contributed by atoms with Crippen molar-refractivity contribution in [2.75, 3.05) is 28.4 Å². The van der Waals surface area contributed by atoms with E-state index in [1.807, 2.05) is 97.1 Å². The fraction of sp³-hybridized carbons (Fsp3) is 0.111. The summed E-state index contributed by atoms with van der Waals surface area (Å²) >= 11 is 7.78. The molecule has 1 aliphatic heterocycles. The number of ether oxygens (including phenoxy) is 4. The predicted molar refractivity (Wildman–Crippen MR) is 188 cm³/mol. The molecule has 7 nitrogen and oxygen atoms in total. The van der Waals surface area contributed by atoms with Crippen molar-refractivity contribution < 1.29 is 18.9 Å². The Kier molecular flexibility index (Phi) is 8.91. The zero-order chi connectivity index (χ0) is 31.5. The summed E-state index contributed by atoms with van der Waals surface area (Å²) in [7, 11) is 6.62. The summed E-state index contributed by atoms with van der Waals surface area (Å²) in [6.07, 6.45) is 0. The lowest BCUT2D eigenvalue weighted by Gasteiger charge is -2.08. The first kappa shape index (κ1) is 30.4. The van der Waals surface area contributed by atoms with Crippen LogP contribution in [0.5, 0.6) is 23.0 Å². The molecular formula is C36H29Br2N3O4. The molecule has 5 aromatic rings. The van der Waals surface area contributed by atoms with Crippen LogP contribution in [-0.2, 0) is 0 Å². The minimum Gasteiger partial charge on any atom is -0.497 e. The van der Waals surface area contributed by atoms with Gasteiger partial charge in [-0.1, -0.05) is 24.3 Å². The van der Waals surface area contributed by atoms with Crippen molar-refractivity contribution in [2.45, 2.75) is 0 Å². The lowest BCUT2D eigenvalue weighted by atomic mass is 10.0. The molecule has 0 saturated heterocycles. The standard InChI is InChI=1S/C36H29Br2N3O4/c1-42-25-13-5-21(6-14-25)29-31(37)33(23-9-17-27(44-3)18-10-23)39-35(29)41-36-30(22-7-15-26(43-2)16-8-22)32(38)34(40-36)24-11-19-28(45-4)20-12-24/h5-20,39H,1-4H3. The van der Waals surface area contributed by atoms with E-state index >= 15 is 0 Å². The van der Waals surface area contributed by atoms with E-state index < -0.39 is 0 Å². The van der Waals surface area contributed by atoms with Crippen LogP contribution in [0.25, 0.3) is 28.0 Å². The number of methoxy groups -OCH3 is 4. The summed E-state index contributed by atoms with van der Waals surface area (Å²) < 4.78 is 23.3. The van der Waals surface area contributed by atoms with Gasteiger partial charge in [-0.3, -0.25) is 0 Å². The Labute approximate surface area is 278 Å². The summed E-state index contributed by atoms with van der Waals surface area (Å²) in [5, 5.41) is 0. The van der Waals surface area contributed by atoms with Crippen LogP contribution in [0.4, 0.5) is 5.82 Å². The average molecular weight is 727 g/mol. The number of hydrogen-bond acceptors (Lipinski definition) is 5. The van der Waals surface area contributed by atoms with E-state index in [-0.39, 0.29) is 0 Å². The normalized spacial score (nSPS) is 13.6. The van der Waals surface area contributed by atoms with Crippen LogP contribution in [0.2, 0.25) is 0 Å². The molecule has 0 spiro atoms. The second kappa shape index (κ2) is 13.2. The third kappa shape index (κ3) is 6.06. The maximum atomic E-state index is 5.42. The number of rotatable bonds is 9. The molecule has 226 valence electrons. The minimum absolute atomic E-state index is 0.558. The van der Waals surface area contributed by atoms with Crippen LogP contribution in [0.1, 0.15) is 11.1 Å². The molecule has 0 unspecified atom stereocenters. The molecule has 0 amide bonds. The number of nitrogens with zero attached hydrogens (tertiary/aromatic N) is 2. The highest BCUT2D eigenvalue weighted by Gasteiger charge is 2.28. The van der Waals surface area contributed by atoms with Gasteiger partial charge in [0.1, 0.15) is 28.8 Å². The SMILES string of the molecule is COc1ccc(C2=NC(=Nc3[nH]c(-c4ccc(OC)cc4)c(Br)c3-c3ccc(OC)cc3)C(c3ccc(OC)cc3)=C2Br)cc1. The van der Waals surface area contributed by atoms with E-state index in [0.717, 1.165) is 76.7 Å². The molecule has 0 aliphatic carbocycles.